The van der Waals surface area contributed by atoms with Crippen molar-refractivity contribution in [3.8, 4) is 11.5 Å². The van der Waals surface area contributed by atoms with Gasteiger partial charge in [-0.3, -0.25) is 9.69 Å². The number of benzene rings is 2. The van der Waals surface area contributed by atoms with Crippen LogP contribution in [0.2, 0.25) is 0 Å². The van der Waals surface area contributed by atoms with Gasteiger partial charge in [0.15, 0.2) is 15.8 Å². The predicted molar refractivity (Wildman–Crippen MR) is 133 cm³/mol. The van der Waals surface area contributed by atoms with Crippen LogP contribution in [0.3, 0.4) is 0 Å². The zero-order chi connectivity index (χ0) is 21.0. The van der Waals surface area contributed by atoms with Crippen LogP contribution in [0.4, 0.5) is 5.69 Å². The Hall–Kier alpha value is -1.58. The van der Waals surface area contributed by atoms with Crippen molar-refractivity contribution in [1.29, 1.82) is 0 Å². The van der Waals surface area contributed by atoms with E-state index in [0.717, 1.165) is 32.6 Å². The molecule has 29 heavy (non-hydrogen) atoms. The van der Waals surface area contributed by atoms with Crippen LogP contribution in [-0.4, -0.2) is 23.4 Å². The van der Waals surface area contributed by atoms with Gasteiger partial charge in [0.2, 0.25) is 0 Å². The lowest BCUT2D eigenvalue weighted by Crippen LogP contribution is -2.28. The fraction of sp³-hybridized carbons (Fsp3) is 0.273. The number of aryl methyl sites for hydroxylation is 1. The van der Waals surface area contributed by atoms with Crippen LogP contribution in [0.1, 0.15) is 31.4 Å². The zero-order valence-electron chi connectivity index (χ0n) is 16.5. The van der Waals surface area contributed by atoms with Crippen LogP contribution in [-0.2, 0) is 4.79 Å². The molecule has 2 aromatic carbocycles. The van der Waals surface area contributed by atoms with Crippen molar-refractivity contribution in [3.63, 3.8) is 0 Å². The Morgan fingerprint density at radius 2 is 1.97 bits per heavy atom. The number of hydrogen-bond acceptors (Lipinski definition) is 5. The number of hydrogen-bond donors (Lipinski definition) is 0. The Kier molecular flexibility index (Phi) is 7.59. The van der Waals surface area contributed by atoms with Crippen molar-refractivity contribution in [2.24, 2.45) is 0 Å². The van der Waals surface area contributed by atoms with Gasteiger partial charge >= 0.3 is 0 Å². The van der Waals surface area contributed by atoms with Crippen LogP contribution >= 0.6 is 46.6 Å². The van der Waals surface area contributed by atoms with Gasteiger partial charge in [0.25, 0.3) is 5.91 Å². The largest absolute Gasteiger partial charge is 0.490 e. The number of carbonyl (C=O) groups is 1. The number of anilines is 1. The molecule has 0 aromatic heterocycles. The van der Waals surface area contributed by atoms with Gasteiger partial charge in [0.1, 0.15) is 0 Å². The van der Waals surface area contributed by atoms with E-state index in [2.05, 4.69) is 29.5 Å². The van der Waals surface area contributed by atoms with Gasteiger partial charge < -0.3 is 9.47 Å². The fourth-order valence-electron chi connectivity index (χ4n) is 2.92. The number of ether oxygens (including phenoxy) is 2. The van der Waals surface area contributed by atoms with Gasteiger partial charge in [-0.25, -0.2) is 0 Å². The minimum atomic E-state index is -0.103. The molecule has 0 atom stereocenters. The zero-order valence-corrected chi connectivity index (χ0v) is 20.3. The van der Waals surface area contributed by atoms with Crippen molar-refractivity contribution in [3.05, 3.63) is 56.0 Å². The van der Waals surface area contributed by atoms with Gasteiger partial charge in [-0.1, -0.05) is 49.1 Å². The number of para-hydroxylation sites is 1. The molecule has 0 N–H and O–H groups in total. The van der Waals surface area contributed by atoms with Crippen molar-refractivity contribution in [1.82, 2.24) is 0 Å². The second-order valence-corrected chi connectivity index (χ2v) is 9.25. The summed E-state index contributed by atoms with van der Waals surface area (Å²) in [5.74, 6) is 1.33. The third kappa shape index (κ3) is 4.95. The molecule has 0 bridgehead atoms. The smallest absolute Gasteiger partial charge is 0.270 e. The molecule has 0 radical (unpaired) electrons. The lowest BCUT2D eigenvalue weighted by Gasteiger charge is -2.16. The quantitative estimate of drug-likeness (QED) is 0.238. The van der Waals surface area contributed by atoms with Gasteiger partial charge in [-0.2, -0.15) is 0 Å². The number of carbonyl (C=O) groups excluding carboxylic acids is 1. The van der Waals surface area contributed by atoms with E-state index in [-0.39, 0.29) is 5.91 Å². The van der Waals surface area contributed by atoms with Crippen LogP contribution in [0.5, 0.6) is 11.5 Å². The molecule has 1 fully saturated rings. The minimum absolute atomic E-state index is 0.103. The Bertz CT molecular complexity index is 975. The van der Waals surface area contributed by atoms with Crippen molar-refractivity contribution < 1.29 is 14.3 Å². The number of rotatable bonds is 7. The standard InChI is InChI=1S/C22H22INO3S2/c1-4-10-27-20-16(23)11-15(12-18(20)26-5-2)13-19-21(25)24(22(28)29-19)17-9-7-6-8-14(17)3/h6-9,11-13H,4-5,10H2,1-3H3/b19-13-. The van der Waals surface area contributed by atoms with E-state index >= 15 is 0 Å². The number of thioether (sulfide) groups is 1. The van der Waals surface area contributed by atoms with Crippen LogP contribution in [0, 0.1) is 10.5 Å². The first-order valence-corrected chi connectivity index (χ1v) is 11.7. The Balaban J connectivity index is 1.95. The molecule has 1 saturated heterocycles. The van der Waals surface area contributed by atoms with Crippen molar-refractivity contribution >= 4 is 68.6 Å². The highest BCUT2D eigenvalue weighted by atomic mass is 127. The summed E-state index contributed by atoms with van der Waals surface area (Å²) in [6.45, 7) is 7.15. The molecule has 0 unspecified atom stereocenters. The normalized spacial score (nSPS) is 15.3. The summed E-state index contributed by atoms with van der Waals surface area (Å²) in [5, 5.41) is 0. The summed E-state index contributed by atoms with van der Waals surface area (Å²) in [7, 11) is 0. The molecule has 1 heterocycles. The van der Waals surface area contributed by atoms with Gasteiger partial charge in [0.05, 0.1) is 27.4 Å². The summed E-state index contributed by atoms with van der Waals surface area (Å²) in [4.78, 5) is 15.3. The maximum atomic E-state index is 13.1. The minimum Gasteiger partial charge on any atom is -0.490 e. The average Bonchev–Trinajstić information content (AvgIpc) is 2.95. The molecule has 3 rings (SSSR count). The molecule has 0 spiro atoms. The first-order chi connectivity index (χ1) is 14.0. The Labute approximate surface area is 194 Å². The van der Waals surface area contributed by atoms with E-state index in [1.165, 1.54) is 11.8 Å². The lowest BCUT2D eigenvalue weighted by molar-refractivity contribution is -0.113. The van der Waals surface area contributed by atoms with Crippen LogP contribution in [0.25, 0.3) is 6.08 Å². The average molecular weight is 539 g/mol. The highest BCUT2D eigenvalue weighted by molar-refractivity contribution is 14.1. The maximum Gasteiger partial charge on any atom is 0.270 e. The Morgan fingerprint density at radius 1 is 1.21 bits per heavy atom. The summed E-state index contributed by atoms with van der Waals surface area (Å²) < 4.78 is 13.1. The summed E-state index contributed by atoms with van der Waals surface area (Å²) >= 11 is 9.06. The van der Waals surface area contributed by atoms with Crippen molar-refractivity contribution in [2.75, 3.05) is 18.1 Å². The topological polar surface area (TPSA) is 38.8 Å². The number of nitrogens with zero attached hydrogens (tertiary/aromatic N) is 1. The van der Waals surface area contributed by atoms with Gasteiger partial charge in [0, 0.05) is 0 Å². The summed E-state index contributed by atoms with van der Waals surface area (Å²) in [6.07, 6.45) is 2.79. The summed E-state index contributed by atoms with van der Waals surface area (Å²) in [6, 6.07) is 11.7. The molecule has 1 aliphatic rings. The van der Waals surface area contributed by atoms with Gasteiger partial charge in [-0.15, -0.1) is 0 Å². The van der Waals surface area contributed by atoms with Crippen LogP contribution in [0.15, 0.2) is 41.3 Å². The molecule has 0 saturated carbocycles. The number of halogens is 1. The molecule has 2 aromatic rings. The molecule has 1 aliphatic heterocycles. The molecular formula is C22H22INO3S2. The third-order valence-corrected chi connectivity index (χ3v) is 6.33. The first kappa shape index (κ1) is 22.1. The van der Waals surface area contributed by atoms with E-state index in [1.54, 1.807) is 4.90 Å². The Morgan fingerprint density at radius 3 is 2.66 bits per heavy atom. The van der Waals surface area contributed by atoms with Gasteiger partial charge in [-0.05, 0) is 78.3 Å². The second kappa shape index (κ2) is 9.95. The summed E-state index contributed by atoms with van der Waals surface area (Å²) in [5.41, 5.74) is 2.72. The monoisotopic (exact) mass is 539 g/mol. The van der Waals surface area contributed by atoms with E-state index in [9.17, 15) is 4.79 Å². The maximum absolute atomic E-state index is 13.1. The molecular weight excluding hydrogens is 517 g/mol. The SMILES string of the molecule is CCCOc1c(I)cc(/C=C2\SC(=S)N(c3ccccc3C)C2=O)cc1OCC. The van der Waals surface area contributed by atoms with E-state index in [4.69, 9.17) is 21.7 Å². The highest BCUT2D eigenvalue weighted by Gasteiger charge is 2.34. The van der Waals surface area contributed by atoms with E-state index in [0.29, 0.717) is 28.2 Å². The predicted octanol–water partition coefficient (Wildman–Crippen LogP) is 6.19. The molecule has 1 amide bonds. The molecule has 7 heteroatoms. The third-order valence-electron chi connectivity index (χ3n) is 4.23. The fourth-order valence-corrected chi connectivity index (χ4v) is 4.99. The number of thiocarbonyl (C=S) groups is 1. The molecule has 152 valence electrons. The second-order valence-electron chi connectivity index (χ2n) is 6.42. The lowest BCUT2D eigenvalue weighted by atomic mass is 10.1. The molecule has 0 aliphatic carbocycles. The number of amides is 1. The van der Waals surface area contributed by atoms with E-state index < -0.39 is 0 Å². The van der Waals surface area contributed by atoms with Crippen LogP contribution < -0.4 is 14.4 Å². The molecule has 4 nitrogen and oxygen atoms in total. The van der Waals surface area contributed by atoms with E-state index in [1.807, 2.05) is 56.3 Å². The van der Waals surface area contributed by atoms with Crippen molar-refractivity contribution in [2.45, 2.75) is 27.2 Å². The highest BCUT2D eigenvalue weighted by Crippen LogP contribution is 2.39. The first-order valence-electron chi connectivity index (χ1n) is 9.39.